The van der Waals surface area contributed by atoms with Crippen LogP contribution in [0.15, 0.2) is 41.4 Å². The monoisotopic (exact) mass is 232 g/mol. The van der Waals surface area contributed by atoms with Crippen molar-refractivity contribution >= 4 is 17.2 Å². The fraction of sp³-hybridized carbons (Fsp3) is 0.286. The third kappa shape index (κ3) is 1.39. The lowest BCUT2D eigenvalue weighted by molar-refractivity contribution is 0.415. The van der Waals surface area contributed by atoms with Crippen LogP contribution >= 0.6 is 11.6 Å². The van der Waals surface area contributed by atoms with Crippen molar-refractivity contribution < 1.29 is 4.74 Å². The van der Waals surface area contributed by atoms with Gasteiger partial charge in [0, 0.05) is 16.9 Å². The smallest absolute Gasteiger partial charge is 0.118 e. The molecule has 2 unspecified atom stereocenters. The molecule has 0 aromatic heterocycles. The van der Waals surface area contributed by atoms with Gasteiger partial charge in [-0.05, 0) is 29.7 Å². The van der Waals surface area contributed by atoms with E-state index in [-0.39, 0.29) is 0 Å². The molecule has 0 amide bonds. The van der Waals surface area contributed by atoms with Gasteiger partial charge in [-0.2, -0.15) is 0 Å². The second-order valence-corrected chi connectivity index (χ2v) is 4.73. The fourth-order valence-corrected chi connectivity index (χ4v) is 3.01. The van der Waals surface area contributed by atoms with E-state index in [0.717, 1.165) is 17.2 Å². The first kappa shape index (κ1) is 9.98. The summed E-state index contributed by atoms with van der Waals surface area (Å²) in [5.74, 6) is 1.87. The van der Waals surface area contributed by atoms with Crippen LogP contribution in [0, 0.1) is 11.8 Å². The first-order valence-electron chi connectivity index (χ1n) is 5.52. The zero-order chi connectivity index (χ0) is 11.1. The normalized spacial score (nSPS) is 26.6. The Morgan fingerprint density at radius 1 is 1.12 bits per heavy atom. The molecule has 0 saturated carbocycles. The van der Waals surface area contributed by atoms with Gasteiger partial charge in [0.15, 0.2) is 0 Å². The van der Waals surface area contributed by atoms with Crippen LogP contribution in [0.5, 0.6) is 5.75 Å². The van der Waals surface area contributed by atoms with Crippen LogP contribution in [-0.2, 0) is 0 Å². The van der Waals surface area contributed by atoms with Gasteiger partial charge in [0.05, 0.1) is 7.11 Å². The Balaban J connectivity index is 1.98. The molecule has 82 valence electrons. The molecule has 1 aromatic rings. The van der Waals surface area contributed by atoms with Gasteiger partial charge >= 0.3 is 0 Å². The minimum Gasteiger partial charge on any atom is -0.497 e. The summed E-state index contributed by atoms with van der Waals surface area (Å²) in [6, 6.07) is 8.15. The maximum atomic E-state index is 6.38. The number of halogens is 1. The van der Waals surface area contributed by atoms with Crippen molar-refractivity contribution in [3.05, 3.63) is 47.0 Å². The lowest BCUT2D eigenvalue weighted by Crippen LogP contribution is -1.95. The minimum absolute atomic E-state index is 0.462. The topological polar surface area (TPSA) is 9.23 Å². The van der Waals surface area contributed by atoms with E-state index >= 15 is 0 Å². The van der Waals surface area contributed by atoms with Crippen molar-refractivity contribution in [2.45, 2.75) is 6.42 Å². The SMILES string of the molecule is COc1ccc(C2=C(Cl)C3C=CC2C3)cc1. The molecule has 2 atom stereocenters. The first-order valence-corrected chi connectivity index (χ1v) is 5.89. The van der Waals surface area contributed by atoms with E-state index in [1.54, 1.807) is 7.11 Å². The van der Waals surface area contributed by atoms with Crippen LogP contribution in [0.3, 0.4) is 0 Å². The summed E-state index contributed by atoms with van der Waals surface area (Å²) in [5, 5.41) is 1.03. The number of allylic oxidation sites excluding steroid dienone is 4. The number of benzene rings is 1. The second kappa shape index (κ2) is 3.67. The summed E-state index contributed by atoms with van der Waals surface area (Å²) in [4.78, 5) is 0. The summed E-state index contributed by atoms with van der Waals surface area (Å²) in [7, 11) is 1.68. The van der Waals surface area contributed by atoms with Gasteiger partial charge < -0.3 is 4.74 Å². The zero-order valence-electron chi connectivity index (χ0n) is 9.11. The Labute approximate surface area is 100 Å². The van der Waals surface area contributed by atoms with Gasteiger partial charge in [-0.25, -0.2) is 0 Å². The van der Waals surface area contributed by atoms with Gasteiger partial charge in [0.1, 0.15) is 5.75 Å². The minimum atomic E-state index is 0.462. The average molecular weight is 233 g/mol. The van der Waals surface area contributed by atoms with E-state index < -0.39 is 0 Å². The molecule has 2 heteroatoms. The summed E-state index contributed by atoms with van der Waals surface area (Å²) >= 11 is 6.38. The van der Waals surface area contributed by atoms with Gasteiger partial charge in [-0.1, -0.05) is 35.9 Å². The molecule has 3 rings (SSSR count). The highest BCUT2D eigenvalue weighted by atomic mass is 35.5. The lowest BCUT2D eigenvalue weighted by Gasteiger charge is -2.12. The van der Waals surface area contributed by atoms with Crippen molar-refractivity contribution in [2.24, 2.45) is 11.8 Å². The van der Waals surface area contributed by atoms with E-state index in [9.17, 15) is 0 Å². The van der Waals surface area contributed by atoms with Gasteiger partial charge in [0.25, 0.3) is 0 Å². The lowest BCUT2D eigenvalue weighted by atomic mass is 9.95. The molecular weight excluding hydrogens is 220 g/mol. The fourth-order valence-electron chi connectivity index (χ4n) is 2.60. The van der Waals surface area contributed by atoms with E-state index in [1.807, 2.05) is 12.1 Å². The number of ether oxygens (including phenoxy) is 1. The highest BCUT2D eigenvalue weighted by Crippen LogP contribution is 2.49. The number of rotatable bonds is 2. The van der Waals surface area contributed by atoms with E-state index in [4.69, 9.17) is 16.3 Å². The summed E-state index contributed by atoms with van der Waals surface area (Å²) in [5.41, 5.74) is 2.53. The Bertz CT molecular complexity index is 470. The van der Waals surface area contributed by atoms with Crippen molar-refractivity contribution in [3.8, 4) is 5.75 Å². The molecular formula is C14H13ClO. The van der Waals surface area contributed by atoms with Crippen LogP contribution in [0.2, 0.25) is 0 Å². The summed E-state index contributed by atoms with van der Waals surface area (Å²) in [6.45, 7) is 0. The Hall–Kier alpha value is -1.21. The number of methoxy groups -OCH3 is 1. The van der Waals surface area contributed by atoms with Crippen molar-refractivity contribution in [1.29, 1.82) is 0 Å². The number of fused-ring (bicyclic) bond motifs is 2. The summed E-state index contributed by atoms with van der Waals surface area (Å²) in [6.07, 6.45) is 5.65. The van der Waals surface area contributed by atoms with Crippen LogP contribution in [-0.4, -0.2) is 7.11 Å². The second-order valence-electron chi connectivity index (χ2n) is 4.32. The third-order valence-corrected chi connectivity index (χ3v) is 3.92. The molecule has 0 saturated heterocycles. The molecule has 0 N–H and O–H groups in total. The average Bonchev–Trinajstić information content (AvgIpc) is 2.90. The van der Waals surface area contributed by atoms with E-state index in [0.29, 0.717) is 11.8 Å². The molecule has 2 aliphatic carbocycles. The molecule has 2 aliphatic rings. The molecule has 0 aliphatic heterocycles. The Kier molecular flexibility index (Phi) is 2.29. The molecule has 1 aromatic carbocycles. The maximum Gasteiger partial charge on any atom is 0.118 e. The number of hydrogen-bond donors (Lipinski definition) is 0. The molecule has 2 bridgehead atoms. The molecule has 16 heavy (non-hydrogen) atoms. The highest BCUT2D eigenvalue weighted by molar-refractivity contribution is 6.34. The zero-order valence-corrected chi connectivity index (χ0v) is 9.87. The Morgan fingerprint density at radius 3 is 2.38 bits per heavy atom. The predicted molar refractivity (Wildman–Crippen MR) is 66.5 cm³/mol. The van der Waals surface area contributed by atoms with Crippen LogP contribution in [0.4, 0.5) is 0 Å². The van der Waals surface area contributed by atoms with Gasteiger partial charge in [-0.3, -0.25) is 0 Å². The van der Waals surface area contributed by atoms with Crippen LogP contribution in [0.25, 0.3) is 5.57 Å². The largest absolute Gasteiger partial charge is 0.497 e. The van der Waals surface area contributed by atoms with Crippen LogP contribution < -0.4 is 4.74 Å². The van der Waals surface area contributed by atoms with Crippen LogP contribution in [0.1, 0.15) is 12.0 Å². The van der Waals surface area contributed by atoms with Gasteiger partial charge in [-0.15, -0.1) is 0 Å². The number of hydrogen-bond acceptors (Lipinski definition) is 1. The van der Waals surface area contributed by atoms with E-state index in [1.165, 1.54) is 11.1 Å². The summed E-state index contributed by atoms with van der Waals surface area (Å²) < 4.78 is 5.16. The quantitative estimate of drug-likeness (QED) is 0.704. The van der Waals surface area contributed by atoms with Crippen molar-refractivity contribution in [2.75, 3.05) is 7.11 Å². The molecule has 1 nitrogen and oxygen atoms in total. The first-order chi connectivity index (χ1) is 7.79. The van der Waals surface area contributed by atoms with Gasteiger partial charge in [0.2, 0.25) is 0 Å². The molecule has 0 fully saturated rings. The van der Waals surface area contributed by atoms with Crippen molar-refractivity contribution in [1.82, 2.24) is 0 Å². The van der Waals surface area contributed by atoms with Crippen molar-refractivity contribution in [3.63, 3.8) is 0 Å². The van der Waals surface area contributed by atoms with E-state index in [2.05, 4.69) is 24.3 Å². The molecule has 0 heterocycles. The predicted octanol–water partition coefficient (Wildman–Crippen LogP) is 3.85. The molecule has 0 radical (unpaired) electrons. The highest BCUT2D eigenvalue weighted by Gasteiger charge is 2.34. The maximum absolute atomic E-state index is 6.38. The third-order valence-electron chi connectivity index (χ3n) is 3.44. The Morgan fingerprint density at radius 2 is 1.81 bits per heavy atom. The standard InChI is InChI=1S/C14H13ClO/c1-16-12-6-4-9(5-7-12)13-10-2-3-11(8-10)14(13)15/h2-7,10-11H,8H2,1H3. The molecule has 0 spiro atoms.